The van der Waals surface area contributed by atoms with Crippen molar-refractivity contribution in [1.82, 2.24) is 4.98 Å². The van der Waals surface area contributed by atoms with E-state index < -0.39 is 10.9 Å². The van der Waals surface area contributed by atoms with Gasteiger partial charge >= 0.3 is 5.97 Å². The molecule has 2 aromatic rings. The molecule has 1 aromatic carbocycles. The number of carboxylic acids is 1. The number of aromatic carboxylic acids is 1. The maximum Gasteiger partial charge on any atom is 0.338 e. The second kappa shape index (κ2) is 5.70. The Kier molecular flexibility index (Phi) is 3.99. The number of aromatic nitrogens is 1. The zero-order valence-corrected chi connectivity index (χ0v) is 11.3. The van der Waals surface area contributed by atoms with Gasteiger partial charge in [-0.15, -0.1) is 0 Å². The molecule has 0 aliphatic heterocycles. The van der Waals surface area contributed by atoms with Gasteiger partial charge in [0.05, 0.1) is 10.5 Å². The first-order chi connectivity index (χ1) is 9.49. The standard InChI is InChI=1S/C13H10N2O4S/c1-8-7-9(4-5-11(8)15(18)19)20-12-10(13(16)17)3-2-6-14-12/h2-7H,1H3,(H,16,17). The average molecular weight is 290 g/mol. The first-order valence-electron chi connectivity index (χ1n) is 5.60. The molecule has 1 N–H and O–H groups in total. The van der Waals surface area contributed by atoms with E-state index in [4.69, 9.17) is 5.11 Å². The highest BCUT2D eigenvalue weighted by molar-refractivity contribution is 7.99. The minimum Gasteiger partial charge on any atom is -0.478 e. The van der Waals surface area contributed by atoms with Crippen molar-refractivity contribution in [1.29, 1.82) is 0 Å². The Morgan fingerprint density at radius 3 is 2.75 bits per heavy atom. The fourth-order valence-corrected chi connectivity index (χ4v) is 2.62. The molecule has 0 unspecified atom stereocenters. The van der Waals surface area contributed by atoms with Crippen molar-refractivity contribution in [2.45, 2.75) is 16.8 Å². The van der Waals surface area contributed by atoms with Crippen LogP contribution in [0.3, 0.4) is 0 Å². The summed E-state index contributed by atoms with van der Waals surface area (Å²) in [6.45, 7) is 1.64. The van der Waals surface area contributed by atoms with Crippen LogP contribution in [0.25, 0.3) is 0 Å². The Labute approximate surface area is 118 Å². The summed E-state index contributed by atoms with van der Waals surface area (Å²) >= 11 is 1.16. The van der Waals surface area contributed by atoms with Crippen molar-refractivity contribution in [3.63, 3.8) is 0 Å². The molecule has 0 radical (unpaired) electrons. The van der Waals surface area contributed by atoms with Crippen LogP contribution in [0.15, 0.2) is 46.5 Å². The van der Waals surface area contributed by atoms with Gasteiger partial charge in [-0.3, -0.25) is 10.1 Å². The summed E-state index contributed by atoms with van der Waals surface area (Å²) in [5.41, 5.74) is 0.662. The molecule has 0 saturated heterocycles. The van der Waals surface area contributed by atoms with Gasteiger partial charge in [-0.1, -0.05) is 11.8 Å². The SMILES string of the molecule is Cc1cc(Sc2ncccc2C(=O)O)ccc1[N+](=O)[O-]. The van der Waals surface area contributed by atoms with Gasteiger partial charge in [0.25, 0.3) is 5.69 Å². The highest BCUT2D eigenvalue weighted by Gasteiger charge is 2.14. The fourth-order valence-electron chi connectivity index (χ4n) is 1.64. The summed E-state index contributed by atoms with van der Waals surface area (Å²) in [7, 11) is 0. The summed E-state index contributed by atoms with van der Waals surface area (Å²) in [6.07, 6.45) is 1.51. The largest absolute Gasteiger partial charge is 0.478 e. The number of carboxylic acid groups (broad SMARTS) is 1. The lowest BCUT2D eigenvalue weighted by Gasteiger charge is -2.05. The Morgan fingerprint density at radius 2 is 2.15 bits per heavy atom. The van der Waals surface area contributed by atoms with Crippen LogP contribution in [0.2, 0.25) is 0 Å². The smallest absolute Gasteiger partial charge is 0.338 e. The van der Waals surface area contributed by atoms with Crippen LogP contribution < -0.4 is 0 Å². The number of pyridine rings is 1. The predicted molar refractivity (Wildman–Crippen MR) is 73.2 cm³/mol. The monoisotopic (exact) mass is 290 g/mol. The molecule has 2 rings (SSSR count). The van der Waals surface area contributed by atoms with Crippen LogP contribution in [0.1, 0.15) is 15.9 Å². The molecule has 1 aromatic heterocycles. The summed E-state index contributed by atoms with van der Waals surface area (Å²) < 4.78 is 0. The van der Waals surface area contributed by atoms with E-state index in [1.807, 2.05) is 0 Å². The third kappa shape index (κ3) is 2.94. The van der Waals surface area contributed by atoms with Crippen LogP contribution in [-0.2, 0) is 0 Å². The van der Waals surface area contributed by atoms with Crippen LogP contribution in [-0.4, -0.2) is 21.0 Å². The van der Waals surface area contributed by atoms with Gasteiger partial charge in [0, 0.05) is 22.7 Å². The van der Waals surface area contributed by atoms with Gasteiger partial charge in [0.2, 0.25) is 0 Å². The summed E-state index contributed by atoms with van der Waals surface area (Å²) in [5.74, 6) is -1.06. The number of hydrogen-bond acceptors (Lipinski definition) is 5. The van der Waals surface area contributed by atoms with Gasteiger partial charge in [-0.25, -0.2) is 9.78 Å². The van der Waals surface area contributed by atoms with Crippen LogP contribution in [0.4, 0.5) is 5.69 Å². The van der Waals surface area contributed by atoms with Gasteiger partial charge < -0.3 is 5.11 Å². The maximum absolute atomic E-state index is 11.1. The van der Waals surface area contributed by atoms with Crippen LogP contribution >= 0.6 is 11.8 Å². The second-order valence-electron chi connectivity index (χ2n) is 3.97. The Bertz CT molecular complexity index is 688. The summed E-state index contributed by atoms with van der Waals surface area (Å²) in [4.78, 5) is 26.1. The quantitative estimate of drug-likeness (QED) is 0.686. The maximum atomic E-state index is 11.1. The molecule has 0 saturated carbocycles. The molecular weight excluding hydrogens is 280 g/mol. The number of hydrogen-bond donors (Lipinski definition) is 1. The van der Waals surface area contributed by atoms with Crippen molar-refractivity contribution < 1.29 is 14.8 Å². The highest BCUT2D eigenvalue weighted by Crippen LogP contribution is 2.31. The predicted octanol–water partition coefficient (Wildman–Crippen LogP) is 3.15. The van der Waals surface area contributed by atoms with E-state index in [0.717, 1.165) is 11.8 Å². The van der Waals surface area contributed by atoms with E-state index in [1.165, 1.54) is 18.3 Å². The van der Waals surface area contributed by atoms with Crippen molar-refractivity contribution >= 4 is 23.4 Å². The van der Waals surface area contributed by atoms with Crippen LogP contribution in [0.5, 0.6) is 0 Å². The summed E-state index contributed by atoms with van der Waals surface area (Å²) in [6, 6.07) is 7.64. The molecule has 6 nitrogen and oxygen atoms in total. The number of nitro groups is 1. The third-order valence-electron chi connectivity index (χ3n) is 2.58. The molecule has 1 heterocycles. The lowest BCUT2D eigenvalue weighted by atomic mass is 10.2. The Hall–Kier alpha value is -2.41. The second-order valence-corrected chi connectivity index (χ2v) is 5.03. The van der Waals surface area contributed by atoms with E-state index >= 15 is 0 Å². The molecule has 0 atom stereocenters. The minimum atomic E-state index is -1.06. The van der Waals surface area contributed by atoms with Crippen molar-refractivity contribution in [2.24, 2.45) is 0 Å². The number of nitro benzene ring substituents is 1. The fraction of sp³-hybridized carbons (Fsp3) is 0.0769. The molecular formula is C13H10N2O4S. The zero-order chi connectivity index (χ0) is 14.7. The molecule has 102 valence electrons. The average Bonchev–Trinajstić information content (AvgIpc) is 2.38. The first kappa shape index (κ1) is 14.0. The zero-order valence-electron chi connectivity index (χ0n) is 10.4. The van der Waals surface area contributed by atoms with E-state index in [2.05, 4.69) is 4.98 Å². The van der Waals surface area contributed by atoms with E-state index in [0.29, 0.717) is 15.5 Å². The molecule has 0 spiro atoms. The third-order valence-corrected chi connectivity index (χ3v) is 3.59. The Morgan fingerprint density at radius 1 is 1.40 bits per heavy atom. The minimum absolute atomic E-state index is 0.0360. The van der Waals surface area contributed by atoms with Crippen molar-refractivity contribution in [2.75, 3.05) is 0 Å². The summed E-state index contributed by atoms with van der Waals surface area (Å²) in [5, 5.41) is 20.2. The lowest BCUT2D eigenvalue weighted by molar-refractivity contribution is -0.385. The topological polar surface area (TPSA) is 93.3 Å². The van der Waals surface area contributed by atoms with Gasteiger partial charge in [0.1, 0.15) is 5.03 Å². The molecule has 0 aliphatic carbocycles. The molecule has 0 aliphatic rings. The van der Waals surface area contributed by atoms with Gasteiger partial charge in [0.15, 0.2) is 0 Å². The van der Waals surface area contributed by atoms with Crippen molar-refractivity contribution in [3.8, 4) is 0 Å². The van der Waals surface area contributed by atoms with Crippen molar-refractivity contribution in [3.05, 3.63) is 57.8 Å². The van der Waals surface area contributed by atoms with Gasteiger partial charge in [-0.2, -0.15) is 0 Å². The number of rotatable bonds is 4. The number of benzene rings is 1. The van der Waals surface area contributed by atoms with Gasteiger partial charge in [-0.05, 0) is 31.2 Å². The van der Waals surface area contributed by atoms with E-state index in [-0.39, 0.29) is 11.3 Å². The Balaban J connectivity index is 2.34. The van der Waals surface area contributed by atoms with E-state index in [9.17, 15) is 14.9 Å². The molecule has 0 fully saturated rings. The molecule has 0 amide bonds. The van der Waals surface area contributed by atoms with Crippen LogP contribution in [0, 0.1) is 17.0 Å². The molecule has 0 bridgehead atoms. The number of nitrogens with zero attached hydrogens (tertiary/aromatic N) is 2. The lowest BCUT2D eigenvalue weighted by Crippen LogP contribution is -2.00. The first-order valence-corrected chi connectivity index (χ1v) is 6.42. The molecule has 20 heavy (non-hydrogen) atoms. The normalized spacial score (nSPS) is 10.2. The highest BCUT2D eigenvalue weighted by atomic mass is 32.2. The van der Waals surface area contributed by atoms with E-state index in [1.54, 1.807) is 25.1 Å². The number of aryl methyl sites for hydroxylation is 1. The number of carbonyl (C=O) groups is 1. The molecule has 7 heteroatoms.